The number of aromatic nitrogens is 5. The van der Waals surface area contributed by atoms with Gasteiger partial charge in [0.25, 0.3) is 0 Å². The van der Waals surface area contributed by atoms with Gasteiger partial charge in [-0.1, -0.05) is 48.2 Å². The maximum absolute atomic E-state index is 12.4. The molecule has 0 bridgehead atoms. The number of H-pyrrole nitrogens is 1. The number of nitrogens with zero attached hydrogens (tertiary/aromatic N) is 4. The molecule has 0 spiro atoms. The van der Waals surface area contributed by atoms with Gasteiger partial charge in [-0.05, 0) is 58.1 Å². The Bertz CT molecular complexity index is 1310. The molecule has 166 valence electrons. The quantitative estimate of drug-likeness (QED) is 0.306. The van der Waals surface area contributed by atoms with Crippen LogP contribution in [0.15, 0.2) is 103 Å². The van der Waals surface area contributed by atoms with Crippen molar-refractivity contribution in [2.45, 2.75) is 11.6 Å². The summed E-state index contributed by atoms with van der Waals surface area (Å²) >= 11 is 1.36. The summed E-state index contributed by atoms with van der Waals surface area (Å²) in [5.41, 5.74) is 7.47. The van der Waals surface area contributed by atoms with Gasteiger partial charge < -0.3 is 0 Å². The molecule has 0 aliphatic rings. The second-order valence-corrected chi connectivity index (χ2v) is 8.74. The first-order valence-corrected chi connectivity index (χ1v) is 11.8. The van der Waals surface area contributed by atoms with E-state index in [0.717, 1.165) is 38.9 Å². The predicted octanol–water partition coefficient (Wildman–Crippen LogP) is 5.50. The van der Waals surface area contributed by atoms with E-state index in [1.807, 2.05) is 36.7 Å². The number of carbonyl (C=O) groups excluding carboxylic acids is 1. The summed E-state index contributed by atoms with van der Waals surface area (Å²) in [6.45, 7) is 0. The number of ketones is 1. The van der Waals surface area contributed by atoms with E-state index in [0.29, 0.717) is 17.3 Å². The first-order valence-electron chi connectivity index (χ1n) is 10.8. The van der Waals surface area contributed by atoms with Crippen molar-refractivity contribution in [2.75, 3.05) is 5.75 Å². The van der Waals surface area contributed by atoms with Gasteiger partial charge in [0.05, 0.1) is 5.75 Å². The highest BCUT2D eigenvalue weighted by molar-refractivity contribution is 7.99. The normalized spacial score (nSPS) is 10.8. The molecule has 2 aromatic carbocycles. The van der Waals surface area contributed by atoms with E-state index in [1.54, 1.807) is 12.4 Å². The Kier molecular flexibility index (Phi) is 6.54. The predicted molar refractivity (Wildman–Crippen MR) is 134 cm³/mol. The lowest BCUT2D eigenvalue weighted by molar-refractivity contribution is -0.116. The average molecular weight is 464 g/mol. The Morgan fingerprint density at radius 3 is 1.91 bits per heavy atom. The summed E-state index contributed by atoms with van der Waals surface area (Å²) < 4.78 is 0. The van der Waals surface area contributed by atoms with Crippen LogP contribution in [-0.4, -0.2) is 36.7 Å². The van der Waals surface area contributed by atoms with E-state index < -0.39 is 0 Å². The van der Waals surface area contributed by atoms with Gasteiger partial charge in [-0.15, -0.1) is 0 Å². The van der Waals surface area contributed by atoms with E-state index >= 15 is 0 Å². The Morgan fingerprint density at radius 1 is 0.765 bits per heavy atom. The lowest BCUT2D eigenvalue weighted by atomic mass is 9.94. The van der Waals surface area contributed by atoms with Crippen molar-refractivity contribution in [1.82, 2.24) is 25.1 Å². The number of hydrogen-bond donors (Lipinski definition) is 1. The molecule has 6 nitrogen and oxygen atoms in total. The van der Waals surface area contributed by atoms with Crippen LogP contribution in [0.5, 0.6) is 0 Å². The Hall–Kier alpha value is -4.10. The fourth-order valence-electron chi connectivity index (χ4n) is 3.70. The number of aromatic amines is 1. The van der Waals surface area contributed by atoms with Crippen molar-refractivity contribution < 1.29 is 4.79 Å². The van der Waals surface area contributed by atoms with Gasteiger partial charge in [0.15, 0.2) is 5.16 Å². The molecule has 3 heterocycles. The van der Waals surface area contributed by atoms with Crippen LogP contribution in [-0.2, 0) is 11.2 Å². The van der Waals surface area contributed by atoms with Gasteiger partial charge in [0.2, 0.25) is 0 Å². The molecular weight excluding hydrogens is 442 g/mol. The fourth-order valence-corrected chi connectivity index (χ4v) is 4.34. The summed E-state index contributed by atoms with van der Waals surface area (Å²) in [6, 6.07) is 22.7. The molecule has 0 fully saturated rings. The molecule has 5 aromatic rings. The molecule has 0 atom stereocenters. The van der Waals surface area contributed by atoms with Gasteiger partial charge in [0.1, 0.15) is 12.1 Å². The molecule has 0 aliphatic heterocycles. The van der Waals surface area contributed by atoms with Crippen LogP contribution in [0.4, 0.5) is 0 Å². The van der Waals surface area contributed by atoms with Crippen LogP contribution in [0.25, 0.3) is 33.4 Å². The Morgan fingerprint density at radius 2 is 1.38 bits per heavy atom. The van der Waals surface area contributed by atoms with Gasteiger partial charge in [0, 0.05) is 42.3 Å². The molecule has 0 aliphatic carbocycles. The molecule has 34 heavy (non-hydrogen) atoms. The largest absolute Gasteiger partial charge is 0.298 e. The zero-order valence-corrected chi connectivity index (χ0v) is 19.1. The van der Waals surface area contributed by atoms with Gasteiger partial charge in [-0.3, -0.25) is 19.9 Å². The van der Waals surface area contributed by atoms with Crippen molar-refractivity contribution in [3.63, 3.8) is 0 Å². The van der Waals surface area contributed by atoms with Crippen molar-refractivity contribution in [3.8, 4) is 33.4 Å². The molecule has 0 saturated heterocycles. The van der Waals surface area contributed by atoms with Gasteiger partial charge in [-0.25, -0.2) is 4.98 Å². The number of thioether (sulfide) groups is 1. The number of rotatable bonds is 8. The summed E-state index contributed by atoms with van der Waals surface area (Å²) in [4.78, 5) is 25.0. The molecule has 1 N–H and O–H groups in total. The molecule has 3 aromatic heterocycles. The summed E-state index contributed by atoms with van der Waals surface area (Å²) in [7, 11) is 0. The molecule has 0 amide bonds. The summed E-state index contributed by atoms with van der Waals surface area (Å²) in [5, 5.41) is 7.21. The second-order valence-electron chi connectivity index (χ2n) is 7.77. The van der Waals surface area contributed by atoms with E-state index in [4.69, 9.17) is 0 Å². The summed E-state index contributed by atoms with van der Waals surface area (Å²) in [5.74, 6) is 0.505. The molecule has 7 heteroatoms. The van der Waals surface area contributed by atoms with Crippen molar-refractivity contribution in [1.29, 1.82) is 0 Å². The minimum atomic E-state index is 0.145. The smallest absolute Gasteiger partial charge is 0.183 e. The highest BCUT2D eigenvalue weighted by atomic mass is 32.2. The van der Waals surface area contributed by atoms with Crippen LogP contribution in [0.1, 0.15) is 5.56 Å². The number of carbonyl (C=O) groups is 1. The Labute approximate surface area is 201 Å². The van der Waals surface area contributed by atoms with E-state index in [1.165, 1.54) is 18.1 Å². The molecule has 0 saturated carbocycles. The zero-order valence-electron chi connectivity index (χ0n) is 18.3. The first kappa shape index (κ1) is 21.7. The SMILES string of the molecule is O=C(CSc1ncn[nH]1)Cc1ccc(-c2cc(-c3cccnc3)cc(-c3cccnc3)c2)cc1. The minimum absolute atomic E-state index is 0.145. The third-order valence-corrected chi connectivity index (χ3v) is 6.31. The third-order valence-electron chi connectivity index (χ3n) is 5.37. The lowest BCUT2D eigenvalue weighted by Crippen LogP contribution is -2.05. The van der Waals surface area contributed by atoms with Crippen LogP contribution in [0, 0.1) is 0 Å². The fraction of sp³-hybridized carbons (Fsp3) is 0.0741. The maximum atomic E-state index is 12.4. The maximum Gasteiger partial charge on any atom is 0.183 e. The van der Waals surface area contributed by atoms with Crippen molar-refractivity contribution in [2.24, 2.45) is 0 Å². The molecule has 0 unspecified atom stereocenters. The second kappa shape index (κ2) is 10.2. The third kappa shape index (κ3) is 5.27. The van der Waals surface area contributed by atoms with Crippen LogP contribution >= 0.6 is 11.8 Å². The number of Topliss-reactive ketones (excluding diaryl/α,β-unsaturated/α-hetero) is 1. The van der Waals surface area contributed by atoms with Crippen LogP contribution < -0.4 is 0 Å². The van der Waals surface area contributed by atoms with Crippen LogP contribution in [0.3, 0.4) is 0 Å². The van der Waals surface area contributed by atoms with Crippen molar-refractivity contribution in [3.05, 3.63) is 103 Å². The highest BCUT2D eigenvalue weighted by Crippen LogP contribution is 2.32. The monoisotopic (exact) mass is 463 g/mol. The van der Waals surface area contributed by atoms with E-state index in [-0.39, 0.29) is 5.78 Å². The van der Waals surface area contributed by atoms with Gasteiger partial charge >= 0.3 is 0 Å². The number of benzene rings is 2. The first-order chi connectivity index (χ1) is 16.7. The average Bonchev–Trinajstić information content (AvgIpc) is 3.43. The standard InChI is InChI=1S/C27H21N5OS/c33-26(17-34-27-30-18-31-32-27)11-19-5-7-20(8-6-19)23-12-24(21-3-1-9-28-15-21)14-25(13-23)22-4-2-10-29-16-22/h1-10,12-16,18H,11,17H2,(H,30,31,32). The lowest BCUT2D eigenvalue weighted by Gasteiger charge is -2.11. The molecule has 5 rings (SSSR count). The number of pyridine rings is 2. The molecule has 0 radical (unpaired) electrons. The Balaban J connectivity index is 1.39. The van der Waals surface area contributed by atoms with E-state index in [2.05, 4.69) is 67.6 Å². The molecular formula is C27H21N5OS. The number of nitrogens with one attached hydrogen (secondary N) is 1. The highest BCUT2D eigenvalue weighted by Gasteiger charge is 2.10. The number of hydrogen-bond acceptors (Lipinski definition) is 6. The van der Waals surface area contributed by atoms with E-state index in [9.17, 15) is 4.79 Å². The minimum Gasteiger partial charge on any atom is -0.298 e. The van der Waals surface area contributed by atoms with Gasteiger partial charge in [-0.2, -0.15) is 5.10 Å². The van der Waals surface area contributed by atoms with Crippen molar-refractivity contribution >= 4 is 17.5 Å². The zero-order chi connectivity index (χ0) is 23.2. The summed E-state index contributed by atoms with van der Waals surface area (Å²) in [6.07, 6.45) is 9.13. The van der Waals surface area contributed by atoms with Crippen LogP contribution in [0.2, 0.25) is 0 Å². The topological polar surface area (TPSA) is 84.4 Å².